The van der Waals surface area contributed by atoms with Crippen molar-refractivity contribution in [3.05, 3.63) is 46.2 Å². The van der Waals surface area contributed by atoms with E-state index in [0.29, 0.717) is 12.2 Å². The molecule has 0 saturated carbocycles. The zero-order valence-electron chi connectivity index (χ0n) is 10.6. The maximum Gasteiger partial charge on any atom is 0.433 e. The van der Waals surface area contributed by atoms with E-state index in [0.717, 1.165) is 18.8 Å². The van der Waals surface area contributed by atoms with Crippen LogP contribution in [0.5, 0.6) is 0 Å². The first-order valence-electron chi connectivity index (χ1n) is 6.16. The van der Waals surface area contributed by atoms with E-state index in [9.17, 15) is 10.1 Å². The fourth-order valence-electron chi connectivity index (χ4n) is 1.82. The lowest BCUT2D eigenvalue weighted by Gasteiger charge is -2.14. The highest BCUT2D eigenvalue weighted by Crippen LogP contribution is 2.23. The van der Waals surface area contributed by atoms with Crippen LogP contribution in [0.1, 0.15) is 31.0 Å². The Labute approximate surface area is 110 Å². The summed E-state index contributed by atoms with van der Waals surface area (Å²) in [5.74, 6) is 1.13. The lowest BCUT2D eigenvalue weighted by atomic mass is 10.1. The number of nitrogens with zero attached hydrogens (tertiary/aromatic N) is 2. The van der Waals surface area contributed by atoms with Gasteiger partial charge in [-0.15, -0.1) is 0 Å². The maximum absolute atomic E-state index is 10.6. The number of nitro groups is 1. The quantitative estimate of drug-likeness (QED) is 0.590. The van der Waals surface area contributed by atoms with Gasteiger partial charge in [-0.05, 0) is 19.0 Å². The van der Waals surface area contributed by atoms with Crippen LogP contribution in [0.3, 0.4) is 0 Å². The third-order valence-corrected chi connectivity index (χ3v) is 2.73. The zero-order valence-corrected chi connectivity index (χ0v) is 10.6. The second-order valence-corrected chi connectivity index (χ2v) is 4.18. The van der Waals surface area contributed by atoms with Crippen LogP contribution in [0.4, 0.5) is 5.88 Å². The van der Waals surface area contributed by atoms with Gasteiger partial charge in [0.2, 0.25) is 0 Å². The molecule has 1 atom stereocenters. The van der Waals surface area contributed by atoms with Gasteiger partial charge in [0.1, 0.15) is 16.5 Å². The highest BCUT2D eigenvalue weighted by molar-refractivity contribution is 5.20. The number of aromatic amines is 1. The Morgan fingerprint density at radius 1 is 1.58 bits per heavy atom. The summed E-state index contributed by atoms with van der Waals surface area (Å²) in [5.41, 5.74) is 0. The van der Waals surface area contributed by atoms with Gasteiger partial charge >= 0.3 is 5.88 Å². The molecule has 2 aromatic heterocycles. The molecule has 102 valence electrons. The van der Waals surface area contributed by atoms with E-state index in [-0.39, 0.29) is 11.9 Å². The molecule has 19 heavy (non-hydrogen) atoms. The number of H-pyrrole nitrogens is 1. The Kier molecular flexibility index (Phi) is 4.30. The van der Waals surface area contributed by atoms with Gasteiger partial charge in [0, 0.05) is 18.8 Å². The van der Waals surface area contributed by atoms with Crippen LogP contribution in [0.2, 0.25) is 0 Å². The molecule has 0 aliphatic rings. The van der Waals surface area contributed by atoms with Crippen molar-refractivity contribution in [3.63, 3.8) is 0 Å². The number of hydrogen-bond acceptors (Lipinski definition) is 5. The molecule has 0 radical (unpaired) electrons. The lowest BCUT2D eigenvalue weighted by Crippen LogP contribution is -2.24. The number of rotatable bonds is 7. The van der Waals surface area contributed by atoms with Crippen LogP contribution in [0.15, 0.2) is 28.9 Å². The van der Waals surface area contributed by atoms with E-state index >= 15 is 0 Å². The second kappa shape index (κ2) is 6.14. The van der Waals surface area contributed by atoms with Crippen LogP contribution in [-0.4, -0.2) is 21.4 Å². The summed E-state index contributed by atoms with van der Waals surface area (Å²) >= 11 is 0. The first kappa shape index (κ1) is 13.3. The third-order valence-electron chi connectivity index (χ3n) is 2.73. The number of hydrogen-bond donors (Lipinski definition) is 2. The molecule has 0 amide bonds. The van der Waals surface area contributed by atoms with Crippen LogP contribution in [0.25, 0.3) is 0 Å². The van der Waals surface area contributed by atoms with Crippen LogP contribution < -0.4 is 5.32 Å². The maximum atomic E-state index is 10.6. The summed E-state index contributed by atoms with van der Waals surface area (Å²) in [6, 6.07) is 2.88. The minimum absolute atomic E-state index is 0.125. The predicted molar refractivity (Wildman–Crippen MR) is 68.7 cm³/mol. The van der Waals surface area contributed by atoms with E-state index in [1.54, 1.807) is 18.5 Å². The molecule has 7 nitrogen and oxygen atoms in total. The average molecular weight is 264 g/mol. The van der Waals surface area contributed by atoms with Crippen molar-refractivity contribution in [2.75, 3.05) is 6.54 Å². The summed E-state index contributed by atoms with van der Waals surface area (Å²) in [6.07, 6.45) is 4.99. The molecule has 0 bridgehead atoms. The van der Waals surface area contributed by atoms with Crippen molar-refractivity contribution in [3.8, 4) is 0 Å². The third kappa shape index (κ3) is 3.41. The molecule has 0 fully saturated rings. The Morgan fingerprint density at radius 2 is 2.42 bits per heavy atom. The second-order valence-electron chi connectivity index (χ2n) is 4.18. The predicted octanol–water partition coefficient (Wildman–Crippen LogP) is 2.19. The van der Waals surface area contributed by atoms with E-state index in [1.807, 2.05) is 0 Å². The molecule has 0 aliphatic heterocycles. The molecule has 0 aliphatic carbocycles. The van der Waals surface area contributed by atoms with Gasteiger partial charge in [0.25, 0.3) is 0 Å². The summed E-state index contributed by atoms with van der Waals surface area (Å²) in [6.45, 7) is 2.86. The van der Waals surface area contributed by atoms with Crippen LogP contribution in [0, 0.1) is 10.1 Å². The highest BCUT2D eigenvalue weighted by Gasteiger charge is 2.20. The van der Waals surface area contributed by atoms with E-state index in [4.69, 9.17) is 4.42 Å². The molecule has 0 aromatic carbocycles. The molecule has 2 aromatic rings. The van der Waals surface area contributed by atoms with E-state index in [1.165, 1.54) is 6.07 Å². The van der Waals surface area contributed by atoms with Gasteiger partial charge in [-0.25, -0.2) is 4.98 Å². The molecule has 2 heterocycles. The van der Waals surface area contributed by atoms with Crippen molar-refractivity contribution < 1.29 is 9.34 Å². The number of aromatic nitrogens is 2. The largest absolute Gasteiger partial charge is 0.433 e. The summed E-state index contributed by atoms with van der Waals surface area (Å²) in [4.78, 5) is 17.3. The minimum atomic E-state index is -0.534. The average Bonchev–Trinajstić information content (AvgIpc) is 3.05. The molecule has 0 saturated heterocycles. The molecule has 1 unspecified atom stereocenters. The van der Waals surface area contributed by atoms with Gasteiger partial charge in [-0.3, -0.25) is 10.1 Å². The SMILES string of the molecule is CCCNC(Cc1ncc[nH]1)c1ccc([N+](=O)[O-])o1. The normalized spacial score (nSPS) is 12.5. The van der Waals surface area contributed by atoms with Crippen molar-refractivity contribution in [1.82, 2.24) is 15.3 Å². The van der Waals surface area contributed by atoms with Gasteiger partial charge in [-0.1, -0.05) is 6.92 Å². The molecule has 2 rings (SSSR count). The standard InChI is InChI=1S/C12H16N4O3/c1-2-5-13-9(8-11-14-6-7-15-11)10-3-4-12(19-10)16(17)18/h3-4,6-7,9,13H,2,5,8H2,1H3,(H,14,15). The molecular formula is C12H16N4O3. The van der Waals surface area contributed by atoms with E-state index < -0.39 is 4.92 Å². The van der Waals surface area contributed by atoms with Gasteiger partial charge in [-0.2, -0.15) is 0 Å². The molecule has 2 N–H and O–H groups in total. The molecule has 7 heteroatoms. The fourth-order valence-corrected chi connectivity index (χ4v) is 1.82. The minimum Gasteiger partial charge on any atom is -0.404 e. The zero-order chi connectivity index (χ0) is 13.7. The molecule has 0 spiro atoms. The van der Waals surface area contributed by atoms with E-state index in [2.05, 4.69) is 22.2 Å². The van der Waals surface area contributed by atoms with Crippen molar-refractivity contribution >= 4 is 5.88 Å². The van der Waals surface area contributed by atoms with Crippen molar-refractivity contribution in [2.24, 2.45) is 0 Å². The number of nitrogens with one attached hydrogen (secondary N) is 2. The molecular weight excluding hydrogens is 248 g/mol. The summed E-state index contributed by atoms with van der Waals surface area (Å²) in [7, 11) is 0. The summed E-state index contributed by atoms with van der Waals surface area (Å²) in [5, 5.41) is 13.9. The first-order chi connectivity index (χ1) is 9.20. The number of furan rings is 1. The Balaban J connectivity index is 2.13. The highest BCUT2D eigenvalue weighted by atomic mass is 16.6. The lowest BCUT2D eigenvalue weighted by molar-refractivity contribution is -0.402. The first-order valence-corrected chi connectivity index (χ1v) is 6.16. The smallest absolute Gasteiger partial charge is 0.404 e. The van der Waals surface area contributed by atoms with Crippen LogP contribution >= 0.6 is 0 Å². The Hall–Kier alpha value is -2.15. The Bertz CT molecular complexity index is 521. The monoisotopic (exact) mass is 264 g/mol. The van der Waals surface area contributed by atoms with Gasteiger partial charge in [0.05, 0.1) is 12.1 Å². The number of imidazole rings is 1. The topological polar surface area (TPSA) is 97.0 Å². The fraction of sp³-hybridized carbons (Fsp3) is 0.417. The van der Waals surface area contributed by atoms with Gasteiger partial charge in [0.15, 0.2) is 0 Å². The van der Waals surface area contributed by atoms with Crippen molar-refractivity contribution in [1.29, 1.82) is 0 Å². The van der Waals surface area contributed by atoms with Crippen molar-refractivity contribution in [2.45, 2.75) is 25.8 Å². The summed E-state index contributed by atoms with van der Waals surface area (Å²) < 4.78 is 5.25. The van der Waals surface area contributed by atoms with Crippen LogP contribution in [-0.2, 0) is 6.42 Å². The Morgan fingerprint density at radius 3 is 3.00 bits per heavy atom. The van der Waals surface area contributed by atoms with Gasteiger partial charge < -0.3 is 14.7 Å².